The number of nitrogens with two attached hydrogens (primary N) is 2. The van der Waals surface area contributed by atoms with E-state index < -0.39 is 0 Å². The maximum atomic E-state index is 9.70. The zero-order chi connectivity index (χ0) is 20.3. The molecule has 6 nitrogen and oxygen atoms in total. The summed E-state index contributed by atoms with van der Waals surface area (Å²) in [6, 6.07) is 11.5. The zero-order valence-corrected chi connectivity index (χ0v) is 15.6. The zero-order valence-electron chi connectivity index (χ0n) is 15.6. The summed E-state index contributed by atoms with van der Waals surface area (Å²) in [5.74, 6) is 0.361. The fourth-order valence-electron chi connectivity index (χ4n) is 3.33. The fraction of sp³-hybridized carbons (Fsp3) is 0.0909. The predicted octanol–water partition coefficient (Wildman–Crippen LogP) is 4.00. The van der Waals surface area contributed by atoms with Crippen molar-refractivity contribution < 1.29 is 0 Å². The molecule has 0 aliphatic heterocycles. The average Bonchev–Trinajstić information content (AvgIpc) is 2.69. The van der Waals surface area contributed by atoms with Crippen LogP contribution in [-0.2, 0) is 0 Å². The van der Waals surface area contributed by atoms with Gasteiger partial charge in [0.05, 0.1) is 34.6 Å². The third-order valence-electron chi connectivity index (χ3n) is 4.49. The number of hydrogen-bond acceptors (Lipinski definition) is 6. The van der Waals surface area contributed by atoms with Crippen LogP contribution in [0.4, 0.5) is 11.4 Å². The van der Waals surface area contributed by atoms with E-state index in [1.54, 1.807) is 30.6 Å². The summed E-state index contributed by atoms with van der Waals surface area (Å²) in [4.78, 5) is 8.41. The van der Waals surface area contributed by atoms with Crippen LogP contribution >= 0.6 is 0 Å². The Bertz CT molecular complexity index is 1140. The maximum absolute atomic E-state index is 9.70. The molecule has 28 heavy (non-hydrogen) atoms. The van der Waals surface area contributed by atoms with Gasteiger partial charge in [0.2, 0.25) is 0 Å². The van der Waals surface area contributed by atoms with Crippen LogP contribution in [0.5, 0.6) is 0 Å². The number of nitrogens with zero attached hydrogens (tertiary/aromatic N) is 4. The number of aryl methyl sites for hydroxylation is 2. The fourth-order valence-corrected chi connectivity index (χ4v) is 3.33. The number of benzene rings is 2. The predicted molar refractivity (Wildman–Crippen MR) is 111 cm³/mol. The van der Waals surface area contributed by atoms with Gasteiger partial charge in [0, 0.05) is 24.0 Å². The van der Waals surface area contributed by atoms with E-state index in [1.807, 2.05) is 32.0 Å². The summed E-state index contributed by atoms with van der Waals surface area (Å²) in [6.07, 6.45) is 6.37. The Morgan fingerprint density at radius 1 is 0.929 bits per heavy atom. The first-order valence-corrected chi connectivity index (χ1v) is 8.55. The molecule has 1 heterocycles. The van der Waals surface area contributed by atoms with Crippen molar-refractivity contribution in [3.63, 3.8) is 0 Å². The van der Waals surface area contributed by atoms with E-state index in [-0.39, 0.29) is 5.69 Å². The first kappa shape index (κ1) is 18.6. The van der Waals surface area contributed by atoms with Crippen molar-refractivity contribution in [2.75, 3.05) is 11.5 Å². The van der Waals surface area contributed by atoms with Gasteiger partial charge in [0.25, 0.3) is 0 Å². The lowest BCUT2D eigenvalue weighted by atomic mass is 9.89. The summed E-state index contributed by atoms with van der Waals surface area (Å²) < 4.78 is 0. The second kappa shape index (κ2) is 7.61. The molecule has 0 saturated heterocycles. The highest BCUT2D eigenvalue weighted by Gasteiger charge is 2.20. The molecule has 6 heteroatoms. The Morgan fingerprint density at radius 3 is 2.14 bits per heavy atom. The van der Waals surface area contributed by atoms with E-state index in [2.05, 4.69) is 16.0 Å². The number of anilines is 2. The minimum atomic E-state index is 0.285. The van der Waals surface area contributed by atoms with Gasteiger partial charge in [0.1, 0.15) is 0 Å². The van der Waals surface area contributed by atoms with Gasteiger partial charge in [-0.1, -0.05) is 12.1 Å². The van der Waals surface area contributed by atoms with Crippen molar-refractivity contribution in [1.82, 2.24) is 9.97 Å². The molecule has 0 aliphatic carbocycles. The molecular weight excluding hydrogens is 348 g/mol. The van der Waals surface area contributed by atoms with E-state index in [1.165, 1.54) is 6.08 Å². The molecule has 2 aromatic carbocycles. The van der Waals surface area contributed by atoms with Crippen LogP contribution in [0.3, 0.4) is 0 Å². The minimum absolute atomic E-state index is 0.285. The molecule has 0 atom stereocenters. The highest BCUT2D eigenvalue weighted by atomic mass is 14.9. The van der Waals surface area contributed by atoms with E-state index >= 15 is 0 Å². The first-order chi connectivity index (χ1) is 13.5. The van der Waals surface area contributed by atoms with E-state index in [0.29, 0.717) is 28.2 Å². The van der Waals surface area contributed by atoms with Gasteiger partial charge in [-0.25, -0.2) is 9.97 Å². The average molecular weight is 366 g/mol. The molecule has 3 aromatic rings. The highest BCUT2D eigenvalue weighted by molar-refractivity contribution is 5.96. The van der Waals surface area contributed by atoms with Gasteiger partial charge in [-0.05, 0) is 54.3 Å². The molecule has 4 N–H and O–H groups in total. The molecule has 3 rings (SSSR count). The molecule has 136 valence electrons. The molecule has 0 saturated carbocycles. The van der Waals surface area contributed by atoms with Gasteiger partial charge in [-0.15, -0.1) is 0 Å². The van der Waals surface area contributed by atoms with Crippen molar-refractivity contribution in [3.05, 3.63) is 65.0 Å². The Balaban J connectivity index is 2.26. The lowest BCUT2D eigenvalue weighted by molar-refractivity contribution is 1.17. The van der Waals surface area contributed by atoms with Crippen LogP contribution in [0.15, 0.2) is 42.7 Å². The second-order valence-corrected chi connectivity index (χ2v) is 6.35. The number of nitrogen functional groups attached to an aromatic ring is 2. The number of aromatic nitrogens is 2. The number of rotatable bonds is 3. The number of nitriles is 2. The largest absolute Gasteiger partial charge is 0.397 e. The minimum Gasteiger partial charge on any atom is -0.397 e. The molecule has 0 fully saturated rings. The monoisotopic (exact) mass is 366 g/mol. The third kappa shape index (κ3) is 3.27. The molecule has 0 amide bonds. The molecule has 0 radical (unpaired) electrons. The van der Waals surface area contributed by atoms with Crippen LogP contribution in [0.2, 0.25) is 0 Å². The number of allylic oxidation sites excluding steroid dienone is 1. The molecule has 0 unspecified atom stereocenters. The van der Waals surface area contributed by atoms with Crippen molar-refractivity contribution in [2.24, 2.45) is 0 Å². The second-order valence-electron chi connectivity index (χ2n) is 6.35. The van der Waals surface area contributed by atoms with Gasteiger partial charge >= 0.3 is 0 Å². The van der Waals surface area contributed by atoms with Crippen LogP contribution in [0, 0.1) is 36.5 Å². The van der Waals surface area contributed by atoms with Crippen LogP contribution in [0.25, 0.3) is 28.6 Å². The van der Waals surface area contributed by atoms with E-state index in [0.717, 1.165) is 22.3 Å². The normalized spacial score (nSPS) is 10.6. The smallest absolute Gasteiger partial charge is 0.162 e. The molecular formula is C22H18N6. The quantitative estimate of drug-likeness (QED) is 0.533. The van der Waals surface area contributed by atoms with Crippen LogP contribution < -0.4 is 11.5 Å². The van der Waals surface area contributed by atoms with E-state index in [4.69, 9.17) is 16.7 Å². The summed E-state index contributed by atoms with van der Waals surface area (Å²) in [5.41, 5.74) is 18.6. The van der Waals surface area contributed by atoms with E-state index in [9.17, 15) is 5.26 Å². The lowest BCUT2D eigenvalue weighted by Gasteiger charge is -2.18. The van der Waals surface area contributed by atoms with Crippen LogP contribution in [-0.4, -0.2) is 9.97 Å². The van der Waals surface area contributed by atoms with Gasteiger partial charge < -0.3 is 11.5 Å². The Kier molecular flexibility index (Phi) is 5.06. The Labute approximate surface area is 163 Å². The number of hydrogen-bond donors (Lipinski definition) is 2. The van der Waals surface area contributed by atoms with Crippen molar-refractivity contribution in [2.45, 2.75) is 13.8 Å². The van der Waals surface area contributed by atoms with Crippen molar-refractivity contribution in [3.8, 4) is 34.7 Å². The SMILES string of the molecule is Cc1cc(C=CC#N)cc(C)c1-c1cc(C#N)c(-c2ncccn2)c(N)c1N. The molecule has 0 aliphatic rings. The Hall–Kier alpha value is -4.16. The summed E-state index contributed by atoms with van der Waals surface area (Å²) >= 11 is 0. The van der Waals surface area contributed by atoms with Crippen molar-refractivity contribution in [1.29, 1.82) is 10.5 Å². The first-order valence-electron chi connectivity index (χ1n) is 8.55. The standard InChI is InChI=1S/C22H18N6/c1-13-9-15(5-3-6-23)10-14(2)18(13)17-11-16(12-24)19(21(26)20(17)25)22-27-7-4-8-28-22/h3-5,7-11H,25-26H2,1-2H3. The van der Waals surface area contributed by atoms with Gasteiger partial charge in [-0.3, -0.25) is 0 Å². The molecule has 1 aromatic heterocycles. The summed E-state index contributed by atoms with van der Waals surface area (Å²) in [6.45, 7) is 3.92. The Morgan fingerprint density at radius 2 is 1.57 bits per heavy atom. The lowest BCUT2D eigenvalue weighted by Crippen LogP contribution is -2.05. The van der Waals surface area contributed by atoms with Crippen LogP contribution in [0.1, 0.15) is 22.3 Å². The maximum Gasteiger partial charge on any atom is 0.162 e. The highest BCUT2D eigenvalue weighted by Crippen LogP contribution is 2.41. The van der Waals surface area contributed by atoms with Gasteiger partial charge in [-0.2, -0.15) is 10.5 Å². The summed E-state index contributed by atoms with van der Waals surface area (Å²) in [5, 5.41) is 18.4. The molecule has 0 spiro atoms. The van der Waals surface area contributed by atoms with Gasteiger partial charge in [0.15, 0.2) is 5.82 Å². The summed E-state index contributed by atoms with van der Waals surface area (Å²) in [7, 11) is 0. The third-order valence-corrected chi connectivity index (χ3v) is 4.49. The topological polar surface area (TPSA) is 125 Å². The van der Waals surface area contributed by atoms with Crippen molar-refractivity contribution >= 4 is 17.5 Å². The molecule has 0 bridgehead atoms.